The smallest absolute Gasteiger partial charge is 0.175 e. The lowest BCUT2D eigenvalue weighted by Gasteiger charge is -2.15. The van der Waals surface area contributed by atoms with Crippen LogP contribution in [0, 0.1) is 0 Å². The van der Waals surface area contributed by atoms with E-state index in [1.54, 1.807) is 31.6 Å². The summed E-state index contributed by atoms with van der Waals surface area (Å²) in [5.41, 5.74) is 3.11. The second-order valence-corrected chi connectivity index (χ2v) is 7.79. The molecule has 0 spiro atoms. The topological polar surface area (TPSA) is 43.4 Å². The third-order valence-electron chi connectivity index (χ3n) is 4.08. The minimum absolute atomic E-state index is 0. The summed E-state index contributed by atoms with van der Waals surface area (Å²) < 4.78 is 12.3. The Labute approximate surface area is 195 Å². The average Bonchev–Trinajstić information content (AvgIpc) is 2.69. The summed E-state index contributed by atoms with van der Waals surface area (Å²) in [6.07, 6.45) is 3.57. The highest BCUT2D eigenvalue weighted by Gasteiger charge is 2.13. The summed E-state index contributed by atoms with van der Waals surface area (Å²) in [5.74, 6) is 1.28. The number of benzene rings is 2. The second kappa shape index (κ2) is 11.6. The number of methoxy groups -OCH3 is 1. The Morgan fingerprint density at radius 3 is 2.41 bits per heavy atom. The number of halogens is 4. The zero-order valence-electron chi connectivity index (χ0n) is 15.6. The summed E-state index contributed by atoms with van der Waals surface area (Å²) in [6, 6.07) is 13.3. The highest BCUT2D eigenvalue weighted by atomic mass is 79.9. The molecule has 1 aromatic heterocycles. The lowest BCUT2D eigenvalue weighted by atomic mass is 10.2. The molecule has 8 heteroatoms. The normalized spacial score (nSPS) is 10.3. The Balaban J connectivity index is 0.00000300. The summed E-state index contributed by atoms with van der Waals surface area (Å²) in [4.78, 5) is 4.03. The van der Waals surface area contributed by atoms with Crippen LogP contribution in [0.1, 0.15) is 16.7 Å². The number of hydrogen-bond donors (Lipinski definition) is 1. The van der Waals surface area contributed by atoms with Gasteiger partial charge < -0.3 is 14.8 Å². The van der Waals surface area contributed by atoms with Crippen LogP contribution in [-0.4, -0.2) is 12.1 Å². The predicted octanol–water partition coefficient (Wildman–Crippen LogP) is 6.45. The molecule has 154 valence electrons. The van der Waals surface area contributed by atoms with Gasteiger partial charge in [-0.3, -0.25) is 4.98 Å². The van der Waals surface area contributed by atoms with Gasteiger partial charge in [-0.1, -0.05) is 29.3 Å². The molecule has 2 aromatic carbocycles. The van der Waals surface area contributed by atoms with Crippen LogP contribution >= 0.6 is 51.5 Å². The van der Waals surface area contributed by atoms with Crippen molar-refractivity contribution >= 4 is 51.5 Å². The van der Waals surface area contributed by atoms with Crippen molar-refractivity contribution in [1.29, 1.82) is 0 Å². The highest BCUT2D eigenvalue weighted by Crippen LogP contribution is 2.37. The molecule has 0 fully saturated rings. The van der Waals surface area contributed by atoms with Crippen LogP contribution in [0.3, 0.4) is 0 Å². The maximum atomic E-state index is 6.22. The molecular weight excluding hydrogens is 499 g/mol. The van der Waals surface area contributed by atoms with Gasteiger partial charge in [0, 0.05) is 41.1 Å². The Bertz CT molecular complexity index is 943. The molecule has 3 rings (SSSR count). The number of aromatic nitrogens is 1. The number of ether oxygens (including phenoxy) is 2. The number of nitrogens with zero attached hydrogens (tertiary/aromatic N) is 1. The van der Waals surface area contributed by atoms with Crippen molar-refractivity contribution in [1.82, 2.24) is 10.3 Å². The maximum Gasteiger partial charge on any atom is 0.175 e. The van der Waals surface area contributed by atoms with Gasteiger partial charge in [0.05, 0.1) is 11.6 Å². The number of pyridine rings is 1. The van der Waals surface area contributed by atoms with Gasteiger partial charge in [-0.05, 0) is 63.5 Å². The van der Waals surface area contributed by atoms with E-state index in [0.717, 1.165) is 22.1 Å². The monoisotopic (exact) mass is 516 g/mol. The van der Waals surface area contributed by atoms with Crippen molar-refractivity contribution < 1.29 is 9.47 Å². The van der Waals surface area contributed by atoms with Crippen molar-refractivity contribution in [3.8, 4) is 11.5 Å². The van der Waals surface area contributed by atoms with E-state index in [1.807, 2.05) is 30.3 Å². The number of hydrogen-bond acceptors (Lipinski definition) is 4. The van der Waals surface area contributed by atoms with Gasteiger partial charge in [0.1, 0.15) is 6.61 Å². The van der Waals surface area contributed by atoms with E-state index in [0.29, 0.717) is 34.7 Å². The average molecular weight is 519 g/mol. The fourth-order valence-corrected chi connectivity index (χ4v) is 3.72. The summed E-state index contributed by atoms with van der Waals surface area (Å²) in [6.45, 7) is 1.76. The molecule has 0 unspecified atom stereocenters. The van der Waals surface area contributed by atoms with Gasteiger partial charge in [0.25, 0.3) is 0 Å². The van der Waals surface area contributed by atoms with Gasteiger partial charge in [-0.25, -0.2) is 0 Å². The number of nitrogens with one attached hydrogen (secondary N) is 1. The first kappa shape index (κ1) is 23.8. The molecule has 0 saturated carbocycles. The van der Waals surface area contributed by atoms with Crippen molar-refractivity contribution in [2.45, 2.75) is 19.7 Å². The standard InChI is InChI=1S/C21H19BrCl2N2O2.ClH/c1-27-20-9-15(12-26-11-14-4-6-25-7-5-14)8-18(22)21(20)28-13-16-2-3-17(23)10-19(16)24;/h2-10,26H,11-13H2,1H3;1H. The molecular formula is C21H20BrCl3N2O2. The van der Waals surface area contributed by atoms with E-state index in [2.05, 4.69) is 26.2 Å². The van der Waals surface area contributed by atoms with Crippen molar-refractivity contribution in [2.24, 2.45) is 0 Å². The first-order chi connectivity index (χ1) is 13.6. The fraction of sp³-hybridized carbons (Fsp3) is 0.190. The largest absolute Gasteiger partial charge is 0.493 e. The summed E-state index contributed by atoms with van der Waals surface area (Å²) in [5, 5.41) is 4.57. The van der Waals surface area contributed by atoms with Crippen LogP contribution in [0.5, 0.6) is 11.5 Å². The zero-order valence-corrected chi connectivity index (χ0v) is 19.5. The molecule has 0 bridgehead atoms. The Hall–Kier alpha value is -1.50. The molecule has 0 radical (unpaired) electrons. The Morgan fingerprint density at radius 2 is 1.72 bits per heavy atom. The van der Waals surface area contributed by atoms with Gasteiger partial charge in [0.2, 0.25) is 0 Å². The van der Waals surface area contributed by atoms with Gasteiger partial charge >= 0.3 is 0 Å². The molecule has 29 heavy (non-hydrogen) atoms. The summed E-state index contributed by atoms with van der Waals surface area (Å²) in [7, 11) is 1.62. The lowest BCUT2D eigenvalue weighted by Crippen LogP contribution is -2.13. The first-order valence-electron chi connectivity index (χ1n) is 8.59. The molecule has 0 aliphatic carbocycles. The van der Waals surface area contributed by atoms with Crippen molar-refractivity contribution in [2.75, 3.05) is 7.11 Å². The van der Waals surface area contributed by atoms with Crippen molar-refractivity contribution in [3.63, 3.8) is 0 Å². The van der Waals surface area contributed by atoms with E-state index in [1.165, 1.54) is 5.56 Å². The molecule has 1 N–H and O–H groups in total. The van der Waals surface area contributed by atoms with Gasteiger partial charge in [-0.2, -0.15) is 0 Å². The number of rotatable bonds is 8. The van der Waals surface area contributed by atoms with Crippen LogP contribution in [0.2, 0.25) is 10.0 Å². The molecule has 0 atom stereocenters. The SMILES string of the molecule is COc1cc(CNCc2ccncc2)cc(Br)c1OCc1ccc(Cl)cc1Cl.Cl. The minimum Gasteiger partial charge on any atom is -0.493 e. The van der Waals surface area contributed by atoms with E-state index >= 15 is 0 Å². The van der Waals surface area contributed by atoms with Gasteiger partial charge in [-0.15, -0.1) is 12.4 Å². The highest BCUT2D eigenvalue weighted by molar-refractivity contribution is 9.10. The molecule has 4 nitrogen and oxygen atoms in total. The molecule has 0 aliphatic heterocycles. The van der Waals surface area contributed by atoms with E-state index in [9.17, 15) is 0 Å². The minimum atomic E-state index is 0. The Morgan fingerprint density at radius 1 is 1.00 bits per heavy atom. The molecule has 0 amide bonds. The molecule has 0 saturated heterocycles. The molecule has 0 aliphatic rings. The van der Waals surface area contributed by atoms with Crippen molar-refractivity contribution in [3.05, 3.63) is 86.1 Å². The zero-order chi connectivity index (χ0) is 19.9. The first-order valence-corrected chi connectivity index (χ1v) is 10.1. The van der Waals surface area contributed by atoms with E-state index in [-0.39, 0.29) is 12.4 Å². The van der Waals surface area contributed by atoms with Crippen LogP contribution < -0.4 is 14.8 Å². The van der Waals surface area contributed by atoms with Crippen LogP contribution in [0.4, 0.5) is 0 Å². The van der Waals surface area contributed by atoms with E-state index in [4.69, 9.17) is 32.7 Å². The second-order valence-electron chi connectivity index (χ2n) is 6.09. The summed E-state index contributed by atoms with van der Waals surface area (Å²) >= 11 is 15.8. The van der Waals surface area contributed by atoms with Crippen LogP contribution in [0.25, 0.3) is 0 Å². The maximum absolute atomic E-state index is 6.22. The quantitative estimate of drug-likeness (QED) is 0.372. The molecule has 1 heterocycles. The fourth-order valence-electron chi connectivity index (χ4n) is 2.66. The Kier molecular flexibility index (Phi) is 9.53. The molecule has 3 aromatic rings. The van der Waals surface area contributed by atoms with E-state index < -0.39 is 0 Å². The van der Waals surface area contributed by atoms with Gasteiger partial charge in [0.15, 0.2) is 11.5 Å². The van der Waals surface area contributed by atoms with Crippen LogP contribution in [0.15, 0.2) is 59.3 Å². The predicted molar refractivity (Wildman–Crippen MR) is 124 cm³/mol. The van der Waals surface area contributed by atoms with Crippen LogP contribution in [-0.2, 0) is 19.7 Å². The third kappa shape index (κ3) is 6.76. The third-order valence-corrected chi connectivity index (χ3v) is 5.26. The lowest BCUT2D eigenvalue weighted by molar-refractivity contribution is 0.282.